The van der Waals surface area contributed by atoms with E-state index < -0.39 is 20.5 Å². The van der Waals surface area contributed by atoms with E-state index in [1.807, 2.05) is 24.3 Å². The lowest BCUT2D eigenvalue weighted by Gasteiger charge is -2.34. The largest absolute Gasteiger partial charge is 0.351 e. The van der Waals surface area contributed by atoms with Gasteiger partial charge in [0.1, 0.15) is 0 Å². The Kier molecular flexibility index (Phi) is 5.86. The quantitative estimate of drug-likeness (QED) is 0.778. The van der Waals surface area contributed by atoms with Crippen molar-refractivity contribution in [2.75, 3.05) is 30.8 Å². The maximum Gasteiger partial charge on any atom is 0.241 e. The third kappa shape index (κ3) is 4.16. The molecule has 2 heterocycles. The average Bonchev–Trinajstić information content (AvgIpc) is 2.67. The molecule has 0 aromatic heterocycles. The Labute approximate surface area is 160 Å². The van der Waals surface area contributed by atoms with Gasteiger partial charge < -0.3 is 15.5 Å². The molecule has 0 spiro atoms. The predicted molar refractivity (Wildman–Crippen MR) is 104 cm³/mol. The molecule has 2 saturated heterocycles. The monoisotopic (exact) mass is 393 g/mol. The van der Waals surface area contributed by atoms with E-state index in [0.29, 0.717) is 19.5 Å². The SMILES string of the molecule is CS(=O)(=O)C1(C(=O)NCc2ccc(N3CCCCC3=O)cc2)CCNCC1. The van der Waals surface area contributed by atoms with Crippen molar-refractivity contribution in [2.45, 2.75) is 43.4 Å². The van der Waals surface area contributed by atoms with Gasteiger partial charge in [0.25, 0.3) is 0 Å². The molecule has 0 radical (unpaired) electrons. The third-order valence-corrected chi connectivity index (χ3v) is 7.57. The molecule has 2 aliphatic rings. The van der Waals surface area contributed by atoms with Gasteiger partial charge in [0.15, 0.2) is 14.6 Å². The predicted octanol–water partition coefficient (Wildman–Crippen LogP) is 0.986. The molecule has 148 valence electrons. The molecule has 0 unspecified atom stereocenters. The van der Waals surface area contributed by atoms with Gasteiger partial charge >= 0.3 is 0 Å². The van der Waals surface area contributed by atoms with Crippen LogP contribution in [0.4, 0.5) is 5.69 Å². The molecule has 0 atom stereocenters. The van der Waals surface area contributed by atoms with Gasteiger partial charge in [0, 0.05) is 31.5 Å². The Balaban J connectivity index is 1.65. The van der Waals surface area contributed by atoms with Gasteiger partial charge in [-0.05, 0) is 56.5 Å². The summed E-state index contributed by atoms with van der Waals surface area (Å²) < 4.78 is 23.2. The number of amides is 2. The molecule has 7 nitrogen and oxygen atoms in total. The zero-order valence-electron chi connectivity index (χ0n) is 15.7. The number of carbonyl (C=O) groups is 2. The molecule has 1 aromatic rings. The number of hydrogen-bond acceptors (Lipinski definition) is 5. The first kappa shape index (κ1) is 19.8. The minimum absolute atomic E-state index is 0.142. The summed E-state index contributed by atoms with van der Waals surface area (Å²) in [6.45, 7) is 2.02. The van der Waals surface area contributed by atoms with E-state index in [4.69, 9.17) is 0 Å². The summed E-state index contributed by atoms with van der Waals surface area (Å²) in [6.07, 6.45) is 4.24. The highest BCUT2D eigenvalue weighted by Crippen LogP contribution is 2.28. The van der Waals surface area contributed by atoms with E-state index in [9.17, 15) is 18.0 Å². The summed E-state index contributed by atoms with van der Waals surface area (Å²) >= 11 is 0. The standard InChI is InChI=1S/C19H27N3O4S/c1-27(25,26)19(9-11-20-12-10-19)18(24)21-14-15-5-7-16(8-6-15)22-13-3-2-4-17(22)23/h5-8,20H,2-4,9-14H2,1H3,(H,21,24). The smallest absolute Gasteiger partial charge is 0.241 e. The summed E-state index contributed by atoms with van der Waals surface area (Å²) in [5, 5.41) is 5.90. The van der Waals surface area contributed by atoms with Crippen LogP contribution in [0, 0.1) is 0 Å². The number of rotatable bonds is 5. The molecule has 2 fully saturated rings. The molecule has 2 N–H and O–H groups in total. The van der Waals surface area contributed by atoms with Crippen molar-refractivity contribution in [2.24, 2.45) is 0 Å². The van der Waals surface area contributed by atoms with Crippen LogP contribution in [0.2, 0.25) is 0 Å². The van der Waals surface area contributed by atoms with Crippen LogP contribution in [0.15, 0.2) is 24.3 Å². The van der Waals surface area contributed by atoms with Gasteiger partial charge in [-0.25, -0.2) is 8.42 Å². The van der Waals surface area contributed by atoms with Gasteiger partial charge in [-0.1, -0.05) is 12.1 Å². The van der Waals surface area contributed by atoms with E-state index in [2.05, 4.69) is 10.6 Å². The minimum atomic E-state index is -3.51. The molecule has 2 aliphatic heterocycles. The van der Waals surface area contributed by atoms with Crippen LogP contribution in [-0.4, -0.2) is 50.9 Å². The molecule has 27 heavy (non-hydrogen) atoms. The Morgan fingerprint density at radius 2 is 1.85 bits per heavy atom. The van der Waals surface area contributed by atoms with E-state index >= 15 is 0 Å². The summed E-state index contributed by atoms with van der Waals surface area (Å²) in [7, 11) is -3.51. The van der Waals surface area contributed by atoms with Crippen molar-refractivity contribution in [3.63, 3.8) is 0 Å². The summed E-state index contributed by atoms with van der Waals surface area (Å²) in [4.78, 5) is 26.5. The molecule has 8 heteroatoms. The van der Waals surface area contributed by atoms with Crippen LogP contribution in [0.5, 0.6) is 0 Å². The normalized spacial score (nSPS) is 20.3. The van der Waals surface area contributed by atoms with Crippen LogP contribution >= 0.6 is 0 Å². The third-order valence-electron chi connectivity index (χ3n) is 5.56. The number of nitrogens with zero attached hydrogens (tertiary/aromatic N) is 1. The zero-order chi connectivity index (χ0) is 19.5. The van der Waals surface area contributed by atoms with Gasteiger partial charge in [-0.2, -0.15) is 0 Å². The number of anilines is 1. The lowest BCUT2D eigenvalue weighted by Crippen LogP contribution is -2.57. The lowest BCUT2D eigenvalue weighted by atomic mass is 9.95. The number of benzene rings is 1. The van der Waals surface area contributed by atoms with E-state index in [1.165, 1.54) is 0 Å². The fraction of sp³-hybridized carbons (Fsp3) is 0.579. The van der Waals surface area contributed by atoms with Crippen molar-refractivity contribution >= 4 is 27.3 Å². The molecule has 0 saturated carbocycles. The summed E-state index contributed by atoms with van der Waals surface area (Å²) in [5.74, 6) is -0.287. The Bertz CT molecular complexity index is 799. The first-order chi connectivity index (χ1) is 12.8. The van der Waals surface area contributed by atoms with E-state index in [1.54, 1.807) is 4.90 Å². The van der Waals surface area contributed by atoms with E-state index in [0.717, 1.165) is 36.9 Å². The molecule has 0 aliphatic carbocycles. The van der Waals surface area contributed by atoms with Crippen LogP contribution < -0.4 is 15.5 Å². The first-order valence-electron chi connectivity index (χ1n) is 9.41. The molecular weight excluding hydrogens is 366 g/mol. The fourth-order valence-corrected chi connectivity index (χ4v) is 5.17. The summed E-state index contributed by atoms with van der Waals surface area (Å²) in [6, 6.07) is 7.49. The molecule has 0 bridgehead atoms. The maximum absolute atomic E-state index is 12.7. The Hall–Kier alpha value is -1.93. The van der Waals surface area contributed by atoms with Crippen molar-refractivity contribution in [1.29, 1.82) is 0 Å². The first-order valence-corrected chi connectivity index (χ1v) is 11.3. The Morgan fingerprint density at radius 3 is 2.44 bits per heavy atom. The highest BCUT2D eigenvalue weighted by Gasteiger charge is 2.48. The molecular formula is C19H27N3O4S. The van der Waals surface area contributed by atoms with Crippen LogP contribution in [0.1, 0.15) is 37.7 Å². The van der Waals surface area contributed by atoms with Gasteiger partial charge in [0.2, 0.25) is 11.8 Å². The second kappa shape index (κ2) is 7.98. The number of sulfone groups is 1. The Morgan fingerprint density at radius 1 is 1.19 bits per heavy atom. The van der Waals surface area contributed by atoms with Gasteiger partial charge in [0.05, 0.1) is 0 Å². The van der Waals surface area contributed by atoms with E-state index in [-0.39, 0.29) is 25.3 Å². The number of carbonyl (C=O) groups excluding carboxylic acids is 2. The van der Waals surface area contributed by atoms with Crippen molar-refractivity contribution in [3.8, 4) is 0 Å². The van der Waals surface area contributed by atoms with Crippen LogP contribution in [-0.2, 0) is 26.0 Å². The van der Waals surface area contributed by atoms with Gasteiger partial charge in [-0.15, -0.1) is 0 Å². The minimum Gasteiger partial charge on any atom is -0.351 e. The maximum atomic E-state index is 12.7. The molecule has 3 rings (SSSR count). The molecule has 1 aromatic carbocycles. The van der Waals surface area contributed by atoms with Crippen LogP contribution in [0.25, 0.3) is 0 Å². The van der Waals surface area contributed by atoms with Gasteiger partial charge in [-0.3, -0.25) is 9.59 Å². The molecule has 2 amide bonds. The van der Waals surface area contributed by atoms with Crippen molar-refractivity contribution in [1.82, 2.24) is 10.6 Å². The summed E-state index contributed by atoms with van der Waals surface area (Å²) in [5.41, 5.74) is 1.73. The zero-order valence-corrected chi connectivity index (χ0v) is 16.5. The topological polar surface area (TPSA) is 95.6 Å². The van der Waals surface area contributed by atoms with Crippen molar-refractivity contribution < 1.29 is 18.0 Å². The second-order valence-electron chi connectivity index (χ2n) is 7.37. The number of nitrogens with one attached hydrogen (secondary N) is 2. The van der Waals surface area contributed by atoms with Crippen LogP contribution in [0.3, 0.4) is 0 Å². The second-order valence-corrected chi connectivity index (χ2v) is 9.69. The lowest BCUT2D eigenvalue weighted by molar-refractivity contribution is -0.124. The fourth-order valence-electron chi connectivity index (χ4n) is 3.81. The van der Waals surface area contributed by atoms with Crippen molar-refractivity contribution in [3.05, 3.63) is 29.8 Å². The highest BCUT2D eigenvalue weighted by atomic mass is 32.2. The number of hydrogen-bond donors (Lipinski definition) is 2. The number of piperidine rings is 2. The highest BCUT2D eigenvalue weighted by molar-refractivity contribution is 7.92. The average molecular weight is 394 g/mol.